The van der Waals surface area contributed by atoms with E-state index in [0.717, 1.165) is 32.7 Å². The molecule has 0 fully saturated rings. The standard InChI is InChI=1S/C28H22O3/c1-17-7-6-10-20(27(17)30)16-21-15-19-9-3-5-12-23(19)26(28(21)31)25-22-11-4-2-8-18(22)13-14-24(25)29/h2-15,29-31H,16H2,1H3. The Morgan fingerprint density at radius 1 is 0.581 bits per heavy atom. The highest BCUT2D eigenvalue weighted by Gasteiger charge is 2.20. The number of phenols is 3. The molecule has 0 aliphatic heterocycles. The highest BCUT2D eigenvalue weighted by molar-refractivity contribution is 6.10. The van der Waals surface area contributed by atoms with E-state index in [-0.39, 0.29) is 17.2 Å². The van der Waals surface area contributed by atoms with Crippen LogP contribution in [0.3, 0.4) is 0 Å². The summed E-state index contributed by atoms with van der Waals surface area (Å²) in [4.78, 5) is 0. The van der Waals surface area contributed by atoms with Gasteiger partial charge < -0.3 is 15.3 Å². The third kappa shape index (κ3) is 3.15. The third-order valence-corrected chi connectivity index (χ3v) is 5.96. The molecule has 0 spiro atoms. The molecular weight excluding hydrogens is 384 g/mol. The number of rotatable bonds is 3. The van der Waals surface area contributed by atoms with Gasteiger partial charge in [-0.1, -0.05) is 72.8 Å². The van der Waals surface area contributed by atoms with E-state index in [9.17, 15) is 15.3 Å². The molecular formula is C28H22O3. The van der Waals surface area contributed by atoms with Crippen molar-refractivity contribution in [3.63, 3.8) is 0 Å². The SMILES string of the molecule is Cc1cccc(Cc2cc3ccccc3c(-c3c(O)ccc4ccccc34)c2O)c1O. The molecule has 0 heterocycles. The molecule has 0 bridgehead atoms. The van der Waals surface area contributed by atoms with Crippen molar-refractivity contribution in [1.29, 1.82) is 0 Å². The highest BCUT2D eigenvalue weighted by Crippen LogP contribution is 2.46. The summed E-state index contributed by atoms with van der Waals surface area (Å²) in [5, 5.41) is 36.5. The van der Waals surface area contributed by atoms with E-state index in [0.29, 0.717) is 23.1 Å². The summed E-state index contributed by atoms with van der Waals surface area (Å²) in [6.07, 6.45) is 0.378. The zero-order chi connectivity index (χ0) is 21.5. The molecule has 0 aromatic heterocycles. The van der Waals surface area contributed by atoms with Crippen LogP contribution in [0.5, 0.6) is 17.2 Å². The molecule has 5 rings (SSSR count). The van der Waals surface area contributed by atoms with Gasteiger partial charge in [0, 0.05) is 17.5 Å². The van der Waals surface area contributed by atoms with Crippen LogP contribution in [-0.2, 0) is 6.42 Å². The maximum atomic E-state index is 11.5. The van der Waals surface area contributed by atoms with E-state index < -0.39 is 0 Å². The van der Waals surface area contributed by atoms with Gasteiger partial charge in [-0.2, -0.15) is 0 Å². The number of fused-ring (bicyclic) bond motifs is 2. The molecule has 5 aromatic carbocycles. The normalized spacial score (nSPS) is 11.3. The van der Waals surface area contributed by atoms with Crippen molar-refractivity contribution in [3.05, 3.63) is 102 Å². The summed E-state index contributed by atoms with van der Waals surface area (Å²) >= 11 is 0. The van der Waals surface area contributed by atoms with Crippen molar-refractivity contribution in [1.82, 2.24) is 0 Å². The fourth-order valence-corrected chi connectivity index (χ4v) is 4.37. The minimum Gasteiger partial charge on any atom is -0.507 e. The second kappa shape index (κ2) is 7.37. The lowest BCUT2D eigenvalue weighted by Gasteiger charge is -2.17. The summed E-state index contributed by atoms with van der Waals surface area (Å²) in [6, 6.07) is 26.8. The average molecular weight is 406 g/mol. The third-order valence-electron chi connectivity index (χ3n) is 5.96. The van der Waals surface area contributed by atoms with Gasteiger partial charge in [-0.15, -0.1) is 0 Å². The predicted octanol–water partition coefficient (Wildman–Crippen LogP) is 6.68. The fourth-order valence-electron chi connectivity index (χ4n) is 4.37. The monoisotopic (exact) mass is 406 g/mol. The Morgan fingerprint density at radius 2 is 1.26 bits per heavy atom. The molecule has 0 aliphatic rings. The molecule has 5 aromatic rings. The second-order valence-electron chi connectivity index (χ2n) is 7.92. The Labute approximate surface area is 180 Å². The van der Waals surface area contributed by atoms with Gasteiger partial charge in [0.25, 0.3) is 0 Å². The maximum absolute atomic E-state index is 11.5. The molecule has 0 saturated heterocycles. The lowest BCUT2D eigenvalue weighted by atomic mass is 9.89. The number of hydrogen-bond donors (Lipinski definition) is 3. The van der Waals surface area contributed by atoms with Crippen LogP contribution >= 0.6 is 0 Å². The first kappa shape index (κ1) is 19.0. The summed E-state index contributed by atoms with van der Waals surface area (Å²) in [5.41, 5.74) is 3.46. The Morgan fingerprint density at radius 3 is 2.03 bits per heavy atom. The van der Waals surface area contributed by atoms with Crippen LogP contribution < -0.4 is 0 Å². The van der Waals surface area contributed by atoms with E-state index in [1.165, 1.54) is 0 Å². The minimum atomic E-state index is 0.117. The Kier molecular flexibility index (Phi) is 4.52. The van der Waals surface area contributed by atoms with Crippen LogP contribution in [0, 0.1) is 6.92 Å². The van der Waals surface area contributed by atoms with Gasteiger partial charge in [0.15, 0.2) is 0 Å². The van der Waals surface area contributed by atoms with Gasteiger partial charge in [-0.05, 0) is 57.3 Å². The Bertz CT molecular complexity index is 1450. The van der Waals surface area contributed by atoms with Crippen molar-refractivity contribution >= 4 is 21.5 Å². The summed E-state index contributed by atoms with van der Waals surface area (Å²) in [7, 11) is 0. The lowest BCUT2D eigenvalue weighted by molar-refractivity contribution is 0.460. The number of hydrogen-bond acceptors (Lipinski definition) is 3. The molecule has 3 nitrogen and oxygen atoms in total. The molecule has 0 unspecified atom stereocenters. The number of phenolic OH excluding ortho intramolecular Hbond substituents is 3. The van der Waals surface area contributed by atoms with Crippen molar-refractivity contribution in [2.75, 3.05) is 0 Å². The molecule has 152 valence electrons. The lowest BCUT2D eigenvalue weighted by Crippen LogP contribution is -1.95. The zero-order valence-corrected chi connectivity index (χ0v) is 17.1. The van der Waals surface area contributed by atoms with Crippen molar-refractivity contribution in [2.24, 2.45) is 0 Å². The van der Waals surface area contributed by atoms with E-state index in [4.69, 9.17) is 0 Å². The molecule has 3 heteroatoms. The Hall–Kier alpha value is -3.98. The topological polar surface area (TPSA) is 60.7 Å². The molecule has 0 saturated carbocycles. The van der Waals surface area contributed by atoms with Crippen molar-refractivity contribution in [3.8, 4) is 28.4 Å². The quantitative estimate of drug-likeness (QED) is 0.313. The minimum absolute atomic E-state index is 0.117. The fraction of sp³-hybridized carbons (Fsp3) is 0.0714. The highest BCUT2D eigenvalue weighted by atomic mass is 16.3. The molecule has 0 radical (unpaired) electrons. The van der Waals surface area contributed by atoms with Crippen molar-refractivity contribution < 1.29 is 15.3 Å². The maximum Gasteiger partial charge on any atom is 0.127 e. The van der Waals surface area contributed by atoms with E-state index in [1.54, 1.807) is 6.07 Å². The Balaban J connectivity index is 1.83. The van der Waals surface area contributed by atoms with Gasteiger partial charge in [-0.3, -0.25) is 0 Å². The van der Waals surface area contributed by atoms with Gasteiger partial charge in [0.2, 0.25) is 0 Å². The van der Waals surface area contributed by atoms with E-state index in [2.05, 4.69) is 0 Å². The van der Waals surface area contributed by atoms with Gasteiger partial charge in [0.05, 0.1) is 0 Å². The zero-order valence-electron chi connectivity index (χ0n) is 17.1. The predicted molar refractivity (Wildman–Crippen MR) is 126 cm³/mol. The molecule has 3 N–H and O–H groups in total. The van der Waals surface area contributed by atoms with Crippen LogP contribution in [-0.4, -0.2) is 15.3 Å². The van der Waals surface area contributed by atoms with Crippen LogP contribution in [0.2, 0.25) is 0 Å². The number of aromatic hydroxyl groups is 3. The molecule has 0 aliphatic carbocycles. The summed E-state index contributed by atoms with van der Waals surface area (Å²) < 4.78 is 0. The first-order valence-corrected chi connectivity index (χ1v) is 10.3. The van der Waals surface area contributed by atoms with Crippen LogP contribution in [0.4, 0.5) is 0 Å². The van der Waals surface area contributed by atoms with Crippen LogP contribution in [0.1, 0.15) is 16.7 Å². The van der Waals surface area contributed by atoms with Gasteiger partial charge >= 0.3 is 0 Å². The summed E-state index contributed by atoms with van der Waals surface area (Å²) in [6.45, 7) is 1.86. The van der Waals surface area contributed by atoms with E-state index in [1.807, 2.05) is 85.8 Å². The van der Waals surface area contributed by atoms with Crippen molar-refractivity contribution in [2.45, 2.75) is 13.3 Å². The summed E-state index contributed by atoms with van der Waals surface area (Å²) in [5.74, 6) is 0.477. The first-order chi connectivity index (χ1) is 15.0. The largest absolute Gasteiger partial charge is 0.507 e. The second-order valence-corrected chi connectivity index (χ2v) is 7.92. The van der Waals surface area contributed by atoms with Crippen LogP contribution in [0.15, 0.2) is 84.9 Å². The first-order valence-electron chi connectivity index (χ1n) is 10.3. The molecule has 0 amide bonds. The average Bonchev–Trinajstić information content (AvgIpc) is 2.78. The van der Waals surface area contributed by atoms with Gasteiger partial charge in [0.1, 0.15) is 17.2 Å². The molecule has 31 heavy (non-hydrogen) atoms. The van der Waals surface area contributed by atoms with Gasteiger partial charge in [-0.25, -0.2) is 0 Å². The smallest absolute Gasteiger partial charge is 0.127 e. The number of aryl methyl sites for hydroxylation is 1. The number of benzene rings is 5. The van der Waals surface area contributed by atoms with Crippen LogP contribution in [0.25, 0.3) is 32.7 Å². The number of para-hydroxylation sites is 1. The van der Waals surface area contributed by atoms with E-state index >= 15 is 0 Å². The molecule has 0 atom stereocenters.